The Morgan fingerprint density at radius 1 is 0.625 bits per heavy atom. The van der Waals surface area contributed by atoms with Crippen LogP contribution in [0.2, 0.25) is 0 Å². The molecule has 0 amide bonds. The molecule has 0 aliphatic carbocycles. The Hall–Kier alpha value is -1.99. The van der Waals surface area contributed by atoms with Crippen LogP contribution < -0.4 is 15.8 Å². The molecule has 0 N–H and O–H groups in total. The van der Waals surface area contributed by atoms with Gasteiger partial charge in [-0.25, -0.2) is 0 Å². The molecule has 0 aromatic heterocycles. The fourth-order valence-corrected chi connectivity index (χ4v) is 0. The molecule has 0 heterocycles. The van der Waals surface area contributed by atoms with Crippen LogP contribution in [0.15, 0.2) is 0 Å². The van der Waals surface area contributed by atoms with E-state index in [1.54, 1.807) is 0 Å². The molecule has 0 aliphatic heterocycles. The molecule has 16 heavy (non-hydrogen) atoms. The summed E-state index contributed by atoms with van der Waals surface area (Å²) in [5, 5.41) is 46.9. The average Bonchev–Trinajstić information content (AvgIpc) is 2.19. The van der Waals surface area contributed by atoms with Crippen molar-refractivity contribution in [1.82, 2.24) is 0 Å². The van der Waals surface area contributed by atoms with Crippen molar-refractivity contribution in [3.8, 4) is 0 Å². The first-order valence-electron chi connectivity index (χ1n) is 2.14. The van der Waals surface area contributed by atoms with Gasteiger partial charge in [0.25, 0.3) is 15.3 Å². The summed E-state index contributed by atoms with van der Waals surface area (Å²) in [4.78, 5) is 32.6. The second-order valence-corrected chi connectivity index (χ2v) is 0.894. The maximum Gasteiger partial charge on any atom is 3.00 e. The van der Waals surface area contributed by atoms with Crippen molar-refractivity contribution in [3.05, 3.63) is 30.3 Å². The summed E-state index contributed by atoms with van der Waals surface area (Å²) in [6, 6.07) is 0. The standard InChI is InChI=1S/Cr.3HNO4/c;3*2-1(3)5-4/h;3*4H/q+3;;;/p-3. The first-order chi connectivity index (χ1) is 6.81. The zero-order valence-electron chi connectivity index (χ0n) is 6.65. The first kappa shape index (κ1) is 23.7. The second kappa shape index (κ2) is 18.7. The topological polar surface area (TPSA) is 226 Å². The number of hydrogen-bond acceptors (Lipinski definition) is 12. The maximum atomic E-state index is 8.64. The van der Waals surface area contributed by atoms with Gasteiger partial charge in [-0.05, 0) is 0 Å². The Bertz CT molecular complexity index is 155. The predicted octanol–water partition coefficient (Wildman–Crippen LogP) is -4.59. The smallest absolute Gasteiger partial charge is 0.694 e. The molecule has 0 unspecified atom stereocenters. The molecule has 16 heteroatoms. The molecule has 0 bridgehead atoms. The van der Waals surface area contributed by atoms with E-state index in [-0.39, 0.29) is 17.4 Å². The summed E-state index contributed by atoms with van der Waals surface area (Å²) in [7, 11) is 0. The van der Waals surface area contributed by atoms with Crippen molar-refractivity contribution in [2.24, 2.45) is 0 Å². The average molecular weight is 286 g/mol. The summed E-state index contributed by atoms with van der Waals surface area (Å²) < 4.78 is 0. The third-order valence-corrected chi connectivity index (χ3v) is 0.183. The van der Waals surface area contributed by atoms with Crippen LogP contribution in [0.1, 0.15) is 0 Å². The van der Waals surface area contributed by atoms with E-state index in [2.05, 4.69) is 15.0 Å². The summed E-state index contributed by atoms with van der Waals surface area (Å²) in [5.74, 6) is 0. The van der Waals surface area contributed by atoms with Crippen molar-refractivity contribution < 1.29 is 63.4 Å². The molecule has 15 nitrogen and oxygen atoms in total. The second-order valence-electron chi connectivity index (χ2n) is 0.894. The Morgan fingerprint density at radius 3 is 0.688 bits per heavy atom. The van der Waals surface area contributed by atoms with Gasteiger partial charge in [-0.2, -0.15) is 0 Å². The third-order valence-electron chi connectivity index (χ3n) is 0.183. The summed E-state index contributed by atoms with van der Waals surface area (Å²) in [5.41, 5.74) is 0. The molecule has 1 radical (unpaired) electrons. The van der Waals surface area contributed by atoms with E-state index in [1.807, 2.05) is 0 Å². The van der Waals surface area contributed by atoms with Crippen molar-refractivity contribution in [2.45, 2.75) is 0 Å². The van der Waals surface area contributed by atoms with Crippen molar-refractivity contribution in [1.29, 1.82) is 0 Å². The first-order valence-corrected chi connectivity index (χ1v) is 2.14. The Balaban J connectivity index is -0.0000000655. The van der Waals surface area contributed by atoms with Gasteiger partial charge in [-0.3, -0.25) is 0 Å². The van der Waals surface area contributed by atoms with Crippen LogP contribution in [-0.2, 0) is 32.3 Å². The molecular formula is CrN3O12. The number of nitrogens with zero attached hydrogens (tertiary/aromatic N) is 3. The largest absolute Gasteiger partial charge is 3.00 e. The van der Waals surface area contributed by atoms with Crippen LogP contribution in [0.5, 0.6) is 0 Å². The fraction of sp³-hybridized carbons (Fsp3) is 0. The van der Waals surface area contributed by atoms with E-state index in [4.69, 9.17) is 46.1 Å². The van der Waals surface area contributed by atoms with E-state index < -0.39 is 15.3 Å². The van der Waals surface area contributed by atoms with Crippen molar-refractivity contribution in [3.63, 3.8) is 0 Å². The van der Waals surface area contributed by atoms with Gasteiger partial charge in [0.1, 0.15) is 0 Å². The van der Waals surface area contributed by atoms with Crippen molar-refractivity contribution in [2.75, 3.05) is 0 Å². The third kappa shape index (κ3) is 90.5. The quantitative estimate of drug-likeness (QED) is 0.271. The zero-order valence-corrected chi connectivity index (χ0v) is 7.92. The van der Waals surface area contributed by atoms with Crippen LogP contribution >= 0.6 is 0 Å². The minimum Gasteiger partial charge on any atom is -0.694 e. The summed E-state index contributed by atoms with van der Waals surface area (Å²) >= 11 is 0. The monoisotopic (exact) mass is 286 g/mol. The van der Waals surface area contributed by atoms with Gasteiger partial charge in [0.2, 0.25) is 0 Å². The SMILES string of the molecule is O=[N+]([O-])O[O-].O=[N+]([O-])O[O-].O=[N+]([O-])O[O-].[Cr+3]. The molecule has 0 fully saturated rings. The Labute approximate surface area is 94.6 Å². The molecule has 0 rings (SSSR count). The minimum absolute atomic E-state index is 0. The predicted molar refractivity (Wildman–Crippen MR) is 24.2 cm³/mol. The van der Waals surface area contributed by atoms with Gasteiger partial charge in [0, 0.05) is 0 Å². The van der Waals surface area contributed by atoms with Crippen LogP contribution in [0, 0.1) is 30.3 Å². The molecule has 0 saturated carbocycles. The van der Waals surface area contributed by atoms with E-state index in [0.29, 0.717) is 0 Å². The van der Waals surface area contributed by atoms with Gasteiger partial charge < -0.3 is 30.7 Å². The van der Waals surface area contributed by atoms with Crippen LogP contribution in [0.4, 0.5) is 0 Å². The Morgan fingerprint density at radius 2 is 0.688 bits per heavy atom. The van der Waals surface area contributed by atoms with Gasteiger partial charge >= 0.3 is 17.4 Å². The maximum absolute atomic E-state index is 8.64. The van der Waals surface area contributed by atoms with Crippen LogP contribution in [0.25, 0.3) is 0 Å². The van der Waals surface area contributed by atoms with E-state index in [0.717, 1.165) is 0 Å². The summed E-state index contributed by atoms with van der Waals surface area (Å²) in [6.07, 6.45) is 0. The molecule has 0 atom stereocenters. The molecule has 0 aromatic rings. The molecule has 0 saturated heterocycles. The zero-order chi connectivity index (χ0) is 12.9. The molecular weight excluding hydrogens is 286 g/mol. The van der Waals surface area contributed by atoms with Gasteiger partial charge in [0.15, 0.2) is 0 Å². The van der Waals surface area contributed by atoms with Gasteiger partial charge in [-0.1, -0.05) is 0 Å². The van der Waals surface area contributed by atoms with E-state index in [1.165, 1.54) is 0 Å². The molecule has 0 spiro atoms. The van der Waals surface area contributed by atoms with Gasteiger partial charge in [-0.15, -0.1) is 30.3 Å². The van der Waals surface area contributed by atoms with Crippen LogP contribution in [-0.4, -0.2) is 15.3 Å². The normalized spacial score (nSPS) is 6.19. The minimum atomic E-state index is -1.43. The fourth-order valence-electron chi connectivity index (χ4n) is 0. The van der Waals surface area contributed by atoms with Crippen LogP contribution in [0.3, 0.4) is 0 Å². The molecule has 0 aliphatic rings. The number of rotatable bonds is 3. The Kier molecular flexibility index (Phi) is 27.7. The van der Waals surface area contributed by atoms with Crippen molar-refractivity contribution >= 4 is 0 Å². The van der Waals surface area contributed by atoms with E-state index in [9.17, 15) is 0 Å². The molecule has 0 aromatic carbocycles. The summed E-state index contributed by atoms with van der Waals surface area (Å²) in [6.45, 7) is 0. The number of hydrogen-bond donors (Lipinski definition) is 0. The van der Waals surface area contributed by atoms with E-state index >= 15 is 0 Å². The molecule has 93 valence electrons. The van der Waals surface area contributed by atoms with Gasteiger partial charge in [0.05, 0.1) is 0 Å².